The zero-order chi connectivity index (χ0) is 13.7. The largest absolute Gasteiger partial charge is 0.371 e. The van der Waals surface area contributed by atoms with Crippen molar-refractivity contribution < 1.29 is 14.2 Å². The van der Waals surface area contributed by atoms with E-state index in [1.54, 1.807) is 32.7 Å². The summed E-state index contributed by atoms with van der Waals surface area (Å²) in [5, 5.41) is 3.07. The van der Waals surface area contributed by atoms with E-state index in [4.69, 9.17) is 19.2 Å². The molecule has 0 N–H and O–H groups in total. The molecule has 1 aliphatic rings. The minimum absolute atomic E-state index is 0.203. The summed E-state index contributed by atoms with van der Waals surface area (Å²) < 4.78 is 16.4. The molecule has 0 atom stereocenters. The molecule has 0 amide bonds. The Kier molecular flexibility index (Phi) is 5.33. The molecule has 0 unspecified atom stereocenters. The van der Waals surface area contributed by atoms with Gasteiger partial charge in [0, 0.05) is 26.7 Å². The van der Waals surface area contributed by atoms with Crippen molar-refractivity contribution in [1.82, 2.24) is 4.98 Å². The fourth-order valence-electron chi connectivity index (χ4n) is 2.75. The van der Waals surface area contributed by atoms with Crippen LogP contribution < -0.4 is 0 Å². The highest BCUT2D eigenvalue weighted by Crippen LogP contribution is 2.40. The van der Waals surface area contributed by atoms with Gasteiger partial charge in [0.1, 0.15) is 16.3 Å². The third-order valence-electron chi connectivity index (χ3n) is 3.88. The molecule has 2 rings (SSSR count). The summed E-state index contributed by atoms with van der Waals surface area (Å²) in [7, 11) is 5.06. The molecule has 5 heteroatoms. The van der Waals surface area contributed by atoms with Crippen molar-refractivity contribution in [2.24, 2.45) is 0 Å². The maximum absolute atomic E-state index is 5.87. The highest BCUT2D eigenvalue weighted by molar-refractivity contribution is 7.09. The van der Waals surface area contributed by atoms with Gasteiger partial charge >= 0.3 is 0 Å². The second-order valence-electron chi connectivity index (χ2n) is 4.99. The predicted octanol–water partition coefficient (Wildman–Crippen LogP) is 3.63. The van der Waals surface area contributed by atoms with Gasteiger partial charge < -0.3 is 14.2 Å². The molecule has 0 radical (unpaired) electrons. The third kappa shape index (κ3) is 3.16. The topological polar surface area (TPSA) is 40.6 Å². The molecule has 19 heavy (non-hydrogen) atoms. The molecule has 108 valence electrons. The van der Waals surface area contributed by atoms with Crippen molar-refractivity contribution in [3.05, 3.63) is 16.1 Å². The summed E-state index contributed by atoms with van der Waals surface area (Å²) in [5.74, 6) is 0. The van der Waals surface area contributed by atoms with Crippen LogP contribution in [-0.2, 0) is 19.8 Å². The second-order valence-corrected chi connectivity index (χ2v) is 5.85. The Hall–Kier alpha value is -0.490. The van der Waals surface area contributed by atoms with Crippen LogP contribution in [0.3, 0.4) is 0 Å². The molecule has 0 bridgehead atoms. The zero-order valence-electron chi connectivity index (χ0n) is 12.0. The average Bonchev–Trinajstić information content (AvgIpc) is 2.80. The summed E-state index contributed by atoms with van der Waals surface area (Å²) in [6.45, 7) is 0. The van der Waals surface area contributed by atoms with Crippen LogP contribution in [0.15, 0.2) is 5.38 Å². The lowest BCUT2D eigenvalue weighted by atomic mass is 9.95. The lowest BCUT2D eigenvalue weighted by Gasteiger charge is -2.29. The van der Waals surface area contributed by atoms with Crippen LogP contribution in [0, 0.1) is 0 Å². The van der Waals surface area contributed by atoms with E-state index >= 15 is 0 Å². The summed E-state index contributed by atoms with van der Waals surface area (Å²) in [5.41, 5.74) is 0.636. The molecule has 1 heterocycles. The number of hydrogen-bond donors (Lipinski definition) is 0. The first kappa shape index (κ1) is 14.9. The quantitative estimate of drug-likeness (QED) is 0.612. The van der Waals surface area contributed by atoms with Gasteiger partial charge in [-0.3, -0.25) is 0 Å². The number of methoxy groups -OCH3 is 3. The van der Waals surface area contributed by atoms with Crippen LogP contribution in [0.5, 0.6) is 0 Å². The lowest BCUT2D eigenvalue weighted by molar-refractivity contribution is -0.108. The van der Waals surface area contributed by atoms with Crippen molar-refractivity contribution in [3.8, 4) is 0 Å². The molecule has 1 aliphatic carbocycles. The summed E-state index contributed by atoms with van der Waals surface area (Å²) in [4.78, 5) is 4.70. The molecular formula is C14H23NO3S. The molecule has 0 saturated heterocycles. The van der Waals surface area contributed by atoms with Crippen LogP contribution in [0.4, 0.5) is 0 Å². The molecule has 4 nitrogen and oxygen atoms in total. The summed E-state index contributed by atoms with van der Waals surface area (Å²) in [6.07, 6.45) is 6.73. The average molecular weight is 285 g/mol. The van der Waals surface area contributed by atoms with E-state index in [1.165, 1.54) is 25.7 Å². The van der Waals surface area contributed by atoms with E-state index in [0.29, 0.717) is 0 Å². The number of rotatable bonds is 5. The molecule has 1 aromatic heterocycles. The maximum atomic E-state index is 5.87. The fourth-order valence-corrected chi connectivity index (χ4v) is 3.80. The monoisotopic (exact) mass is 285 g/mol. The second kappa shape index (κ2) is 6.79. The van der Waals surface area contributed by atoms with Crippen LogP contribution in [0.2, 0.25) is 0 Å². The number of thiazole rings is 1. The maximum Gasteiger partial charge on any atom is 0.201 e. The van der Waals surface area contributed by atoms with Gasteiger partial charge in [-0.2, -0.15) is 0 Å². The first-order chi connectivity index (χ1) is 9.25. The van der Waals surface area contributed by atoms with Gasteiger partial charge in [-0.1, -0.05) is 25.7 Å². The van der Waals surface area contributed by atoms with Crippen molar-refractivity contribution in [3.63, 3.8) is 0 Å². The highest BCUT2D eigenvalue weighted by atomic mass is 32.1. The Morgan fingerprint density at radius 3 is 2.26 bits per heavy atom. The first-order valence-electron chi connectivity index (χ1n) is 6.82. The predicted molar refractivity (Wildman–Crippen MR) is 75.3 cm³/mol. The molecule has 1 saturated carbocycles. The number of nitrogens with zero attached hydrogens (tertiary/aromatic N) is 1. The minimum Gasteiger partial charge on any atom is -0.371 e. The van der Waals surface area contributed by atoms with E-state index in [1.807, 2.05) is 5.38 Å². The molecule has 0 aliphatic heterocycles. The molecule has 0 spiro atoms. The fraction of sp³-hybridized carbons (Fsp3) is 0.786. The van der Waals surface area contributed by atoms with Crippen LogP contribution >= 0.6 is 11.3 Å². The molecular weight excluding hydrogens is 262 g/mol. The number of aromatic nitrogens is 1. The zero-order valence-corrected chi connectivity index (χ0v) is 12.8. The van der Waals surface area contributed by atoms with E-state index in [0.717, 1.165) is 23.5 Å². The van der Waals surface area contributed by atoms with E-state index < -0.39 is 0 Å². The van der Waals surface area contributed by atoms with E-state index in [2.05, 4.69) is 0 Å². The normalized spacial score (nSPS) is 19.6. The van der Waals surface area contributed by atoms with Crippen LogP contribution in [-0.4, -0.2) is 26.3 Å². The molecule has 0 aromatic carbocycles. The number of hydrogen-bond acceptors (Lipinski definition) is 5. The Morgan fingerprint density at radius 2 is 1.74 bits per heavy atom. The van der Waals surface area contributed by atoms with Gasteiger partial charge in [0.05, 0.1) is 0 Å². The smallest absolute Gasteiger partial charge is 0.201 e. The van der Waals surface area contributed by atoms with Crippen LogP contribution in [0.1, 0.15) is 55.5 Å². The van der Waals surface area contributed by atoms with Crippen molar-refractivity contribution in [2.45, 2.75) is 50.4 Å². The summed E-state index contributed by atoms with van der Waals surface area (Å²) in [6, 6.07) is 0. The summed E-state index contributed by atoms with van der Waals surface area (Å²) >= 11 is 1.65. The van der Waals surface area contributed by atoms with E-state index in [9.17, 15) is 0 Å². The van der Waals surface area contributed by atoms with Crippen molar-refractivity contribution in [1.29, 1.82) is 0 Å². The van der Waals surface area contributed by atoms with Gasteiger partial charge in [0.15, 0.2) is 0 Å². The van der Waals surface area contributed by atoms with Gasteiger partial charge in [0.25, 0.3) is 0 Å². The molecule has 1 aromatic rings. The van der Waals surface area contributed by atoms with Crippen molar-refractivity contribution >= 4 is 11.3 Å². The first-order valence-corrected chi connectivity index (χ1v) is 7.70. The van der Waals surface area contributed by atoms with Gasteiger partial charge in [-0.25, -0.2) is 4.98 Å². The Morgan fingerprint density at radius 1 is 1.11 bits per heavy atom. The Bertz CT molecular complexity index is 382. The minimum atomic E-state index is -0.385. The van der Waals surface area contributed by atoms with Crippen LogP contribution in [0.25, 0.3) is 0 Å². The van der Waals surface area contributed by atoms with Gasteiger partial charge in [-0.15, -0.1) is 11.3 Å². The van der Waals surface area contributed by atoms with Crippen molar-refractivity contribution in [2.75, 3.05) is 21.3 Å². The van der Waals surface area contributed by atoms with Gasteiger partial charge in [-0.05, 0) is 12.8 Å². The van der Waals surface area contributed by atoms with Gasteiger partial charge in [0.2, 0.25) is 6.29 Å². The third-order valence-corrected chi connectivity index (χ3v) is 4.93. The SMILES string of the molecule is COC(OC)c1csc(C2(OC)CCCCCC2)n1. The standard InChI is InChI=1S/C14H23NO3S/c1-16-12(17-2)11-10-19-13(15-11)14(18-3)8-6-4-5-7-9-14/h10,12H,4-9H2,1-3H3. The Balaban J connectivity index is 2.23. The number of ether oxygens (including phenoxy) is 3. The van der Waals surface area contributed by atoms with E-state index in [-0.39, 0.29) is 11.9 Å². The highest BCUT2D eigenvalue weighted by Gasteiger charge is 2.36. The lowest BCUT2D eigenvalue weighted by Crippen LogP contribution is -2.27. The Labute approximate surface area is 119 Å². The molecule has 1 fully saturated rings.